The van der Waals surface area contributed by atoms with E-state index in [1.165, 1.54) is 23.1 Å². The number of alkyl halides is 3. The van der Waals surface area contributed by atoms with E-state index in [1.54, 1.807) is 24.3 Å². The highest BCUT2D eigenvalue weighted by atomic mass is 35.5. The van der Waals surface area contributed by atoms with E-state index in [2.05, 4.69) is 15.5 Å². The monoisotopic (exact) mass is 578 g/mol. The number of thiophene rings is 1. The van der Waals surface area contributed by atoms with Crippen LogP contribution in [0.15, 0.2) is 71.2 Å². The molecule has 4 aromatic rings. The smallest absolute Gasteiger partial charge is 0.376 e. The van der Waals surface area contributed by atoms with Crippen molar-refractivity contribution in [3.63, 3.8) is 0 Å². The molecule has 0 spiro atoms. The first-order chi connectivity index (χ1) is 18.3. The Morgan fingerprint density at radius 2 is 2.00 bits per heavy atom. The number of halogens is 4. The summed E-state index contributed by atoms with van der Waals surface area (Å²) in [5.74, 6) is 0.137. The van der Waals surface area contributed by atoms with Gasteiger partial charge in [-0.3, -0.25) is 9.36 Å². The van der Waals surface area contributed by atoms with E-state index in [0.717, 1.165) is 35.9 Å². The molecule has 5 rings (SSSR count). The van der Waals surface area contributed by atoms with Crippen LogP contribution in [0.4, 0.5) is 18.9 Å². The molecule has 1 N–H and O–H groups in total. The van der Waals surface area contributed by atoms with Crippen LogP contribution in [0.1, 0.15) is 29.2 Å². The van der Waals surface area contributed by atoms with Crippen molar-refractivity contribution in [1.29, 1.82) is 0 Å². The fourth-order valence-electron chi connectivity index (χ4n) is 4.12. The van der Waals surface area contributed by atoms with Gasteiger partial charge in [0.2, 0.25) is 5.91 Å². The number of nitrogens with one attached hydrogen (secondary N) is 1. The first-order valence-electron chi connectivity index (χ1n) is 11.8. The SMILES string of the molecule is O=C(Nc1cc(C(F)(F)F)ccc1Cl)[C@@H](Sc1nnc(-c2cccs2)n1C[C@@H]1CCCO1)c1ccccc1. The molecule has 6 nitrogen and oxygen atoms in total. The molecule has 2 aromatic carbocycles. The van der Waals surface area contributed by atoms with Gasteiger partial charge >= 0.3 is 6.18 Å². The summed E-state index contributed by atoms with van der Waals surface area (Å²) in [4.78, 5) is 14.5. The van der Waals surface area contributed by atoms with Crippen LogP contribution in [0.5, 0.6) is 0 Å². The van der Waals surface area contributed by atoms with E-state index < -0.39 is 22.9 Å². The summed E-state index contributed by atoms with van der Waals surface area (Å²) in [5, 5.41) is 13.0. The molecule has 1 amide bonds. The third-order valence-corrected chi connectivity index (χ3v) is 8.41. The van der Waals surface area contributed by atoms with Crippen LogP contribution in [-0.4, -0.2) is 33.4 Å². The first-order valence-corrected chi connectivity index (χ1v) is 13.9. The van der Waals surface area contributed by atoms with Gasteiger partial charge in [-0.15, -0.1) is 21.5 Å². The van der Waals surface area contributed by atoms with Crippen molar-refractivity contribution in [2.45, 2.75) is 42.1 Å². The van der Waals surface area contributed by atoms with Crippen molar-refractivity contribution in [3.8, 4) is 10.7 Å². The highest BCUT2D eigenvalue weighted by Crippen LogP contribution is 2.39. The van der Waals surface area contributed by atoms with Gasteiger partial charge in [0, 0.05) is 6.61 Å². The van der Waals surface area contributed by atoms with Crippen LogP contribution in [0.3, 0.4) is 0 Å². The molecule has 1 aliphatic heterocycles. The standard InChI is InChI=1S/C26H22ClF3N4O2S2/c27-19-11-10-17(26(28,29)30)14-20(19)31-24(35)22(16-6-2-1-3-7-16)38-25-33-32-23(21-9-5-13-37-21)34(25)15-18-8-4-12-36-18/h1-3,5-7,9-11,13-14,18,22H,4,8,12,15H2,(H,31,35)/t18-,22-/m0/s1. The third kappa shape index (κ3) is 6.06. The average molecular weight is 579 g/mol. The molecular formula is C26H22ClF3N4O2S2. The van der Waals surface area contributed by atoms with E-state index >= 15 is 0 Å². The molecule has 0 saturated carbocycles. The number of ether oxygens (including phenoxy) is 1. The Labute approximate surface area is 230 Å². The number of hydrogen-bond acceptors (Lipinski definition) is 6. The molecule has 38 heavy (non-hydrogen) atoms. The van der Waals surface area contributed by atoms with Crippen molar-refractivity contribution < 1.29 is 22.7 Å². The summed E-state index contributed by atoms with van der Waals surface area (Å²) in [5.41, 5.74) is -0.367. The molecule has 1 aliphatic rings. The van der Waals surface area contributed by atoms with Gasteiger partial charge in [0.15, 0.2) is 11.0 Å². The maximum atomic E-state index is 13.6. The van der Waals surface area contributed by atoms with Crippen molar-refractivity contribution >= 4 is 46.3 Å². The van der Waals surface area contributed by atoms with Crippen LogP contribution in [0, 0.1) is 0 Å². The number of nitrogens with zero attached hydrogens (tertiary/aromatic N) is 3. The van der Waals surface area contributed by atoms with E-state index in [-0.39, 0.29) is 16.8 Å². The number of amides is 1. The zero-order chi connectivity index (χ0) is 26.7. The quantitative estimate of drug-likeness (QED) is 0.222. The molecule has 0 bridgehead atoms. The topological polar surface area (TPSA) is 69.0 Å². The summed E-state index contributed by atoms with van der Waals surface area (Å²) in [6, 6.07) is 15.7. The van der Waals surface area contributed by atoms with Gasteiger partial charge < -0.3 is 10.1 Å². The second kappa shape index (κ2) is 11.5. The van der Waals surface area contributed by atoms with Crippen molar-refractivity contribution in [1.82, 2.24) is 14.8 Å². The zero-order valence-electron chi connectivity index (χ0n) is 19.8. The number of anilines is 1. The summed E-state index contributed by atoms with van der Waals surface area (Å²) in [6.07, 6.45) is -2.70. The van der Waals surface area contributed by atoms with E-state index in [4.69, 9.17) is 16.3 Å². The fraction of sp³-hybridized carbons (Fsp3) is 0.269. The van der Waals surface area contributed by atoms with Crippen molar-refractivity contribution in [2.24, 2.45) is 0 Å². The Morgan fingerprint density at radius 1 is 1.18 bits per heavy atom. The Kier molecular flexibility index (Phi) is 8.08. The minimum Gasteiger partial charge on any atom is -0.376 e. The Balaban J connectivity index is 1.48. The summed E-state index contributed by atoms with van der Waals surface area (Å²) in [6.45, 7) is 1.21. The van der Waals surface area contributed by atoms with E-state index in [0.29, 0.717) is 29.7 Å². The van der Waals surface area contributed by atoms with Gasteiger partial charge in [0.25, 0.3) is 0 Å². The maximum Gasteiger partial charge on any atom is 0.416 e. The zero-order valence-corrected chi connectivity index (χ0v) is 22.2. The second-order valence-electron chi connectivity index (χ2n) is 8.62. The van der Waals surface area contributed by atoms with Gasteiger partial charge in [0.1, 0.15) is 5.25 Å². The number of benzene rings is 2. The summed E-state index contributed by atoms with van der Waals surface area (Å²) >= 11 is 8.86. The van der Waals surface area contributed by atoms with Crippen molar-refractivity contribution in [2.75, 3.05) is 11.9 Å². The van der Waals surface area contributed by atoms with Gasteiger partial charge in [0.05, 0.1) is 33.8 Å². The lowest BCUT2D eigenvalue weighted by Gasteiger charge is -2.19. The minimum absolute atomic E-state index is 0.00280. The van der Waals surface area contributed by atoms with Crippen LogP contribution in [0.25, 0.3) is 10.7 Å². The predicted octanol–water partition coefficient (Wildman–Crippen LogP) is 7.33. The normalized spacial score (nSPS) is 16.5. The largest absolute Gasteiger partial charge is 0.416 e. The lowest BCUT2D eigenvalue weighted by atomic mass is 10.1. The maximum absolute atomic E-state index is 13.6. The Bertz CT molecular complexity index is 1390. The number of hydrogen-bond donors (Lipinski definition) is 1. The Hall–Kier alpha value is -2.86. The van der Waals surface area contributed by atoms with Gasteiger partial charge in [-0.2, -0.15) is 13.2 Å². The third-order valence-electron chi connectivity index (χ3n) is 5.98. The number of rotatable bonds is 8. The molecular weight excluding hydrogens is 557 g/mol. The number of thioether (sulfide) groups is 1. The Morgan fingerprint density at radius 3 is 2.68 bits per heavy atom. The van der Waals surface area contributed by atoms with Gasteiger partial charge in [-0.25, -0.2) is 0 Å². The van der Waals surface area contributed by atoms with Crippen LogP contribution in [-0.2, 0) is 22.3 Å². The second-order valence-corrected chi connectivity index (χ2v) is 11.0. The van der Waals surface area contributed by atoms with E-state index in [9.17, 15) is 18.0 Å². The lowest BCUT2D eigenvalue weighted by Crippen LogP contribution is -2.21. The molecule has 12 heteroatoms. The van der Waals surface area contributed by atoms with Crippen LogP contribution in [0.2, 0.25) is 5.02 Å². The predicted molar refractivity (Wildman–Crippen MR) is 142 cm³/mol. The molecule has 3 heterocycles. The fourth-order valence-corrected chi connectivity index (χ4v) is 6.05. The molecule has 198 valence electrons. The van der Waals surface area contributed by atoms with Gasteiger partial charge in [-0.1, -0.05) is 59.8 Å². The molecule has 2 atom stereocenters. The molecule has 1 fully saturated rings. The number of carbonyl (C=O) groups excluding carboxylic acids is 1. The lowest BCUT2D eigenvalue weighted by molar-refractivity contribution is -0.137. The average Bonchev–Trinajstić information content (AvgIpc) is 3.67. The molecule has 0 unspecified atom stereocenters. The number of aromatic nitrogens is 3. The highest BCUT2D eigenvalue weighted by molar-refractivity contribution is 8.00. The molecule has 2 aromatic heterocycles. The van der Waals surface area contributed by atoms with Gasteiger partial charge in [-0.05, 0) is 48.1 Å². The van der Waals surface area contributed by atoms with Crippen molar-refractivity contribution in [3.05, 3.63) is 82.2 Å². The number of carbonyl (C=O) groups is 1. The minimum atomic E-state index is -4.57. The summed E-state index contributed by atoms with van der Waals surface area (Å²) in [7, 11) is 0. The van der Waals surface area contributed by atoms with Crippen LogP contribution < -0.4 is 5.32 Å². The summed E-state index contributed by atoms with van der Waals surface area (Å²) < 4.78 is 47.7. The highest BCUT2D eigenvalue weighted by Gasteiger charge is 2.32. The molecule has 0 radical (unpaired) electrons. The van der Waals surface area contributed by atoms with Crippen LogP contribution >= 0.6 is 34.7 Å². The molecule has 0 aliphatic carbocycles. The molecule has 1 saturated heterocycles. The first kappa shape index (κ1) is 26.7. The van der Waals surface area contributed by atoms with E-state index in [1.807, 2.05) is 28.1 Å².